The zero-order valence-corrected chi connectivity index (χ0v) is 13.2. The molecule has 1 aliphatic rings. The van der Waals surface area contributed by atoms with Crippen molar-refractivity contribution in [3.8, 4) is 0 Å². The summed E-state index contributed by atoms with van der Waals surface area (Å²) in [5, 5.41) is 11.8. The number of nitrogens with two attached hydrogens (primary N) is 1. The summed E-state index contributed by atoms with van der Waals surface area (Å²) in [6, 6.07) is 4.30. The molecular weight excluding hydrogens is 322 g/mol. The number of primary amides is 1. The van der Waals surface area contributed by atoms with Gasteiger partial charge < -0.3 is 16.2 Å². The number of carboxylic acids is 1. The van der Waals surface area contributed by atoms with E-state index in [1.54, 1.807) is 6.07 Å². The van der Waals surface area contributed by atoms with Crippen molar-refractivity contribution in [2.75, 3.05) is 25.0 Å². The van der Waals surface area contributed by atoms with Gasteiger partial charge in [-0.2, -0.15) is 0 Å². The Morgan fingerprint density at radius 3 is 2.52 bits per heavy atom. The van der Waals surface area contributed by atoms with Gasteiger partial charge in [0, 0.05) is 11.6 Å². The topological polar surface area (TPSA) is 113 Å². The van der Waals surface area contributed by atoms with Crippen LogP contribution in [0.4, 0.5) is 5.69 Å². The third kappa shape index (κ3) is 4.67. The van der Waals surface area contributed by atoms with Crippen LogP contribution in [0.5, 0.6) is 0 Å². The molecule has 4 N–H and O–H groups in total. The predicted octanol–water partition coefficient (Wildman–Crippen LogP) is 1.17. The van der Waals surface area contributed by atoms with Crippen molar-refractivity contribution in [3.63, 3.8) is 0 Å². The minimum Gasteiger partial charge on any atom is -0.478 e. The molecule has 2 amide bonds. The van der Waals surface area contributed by atoms with Crippen LogP contribution >= 0.6 is 11.6 Å². The van der Waals surface area contributed by atoms with Gasteiger partial charge in [0.15, 0.2) is 0 Å². The number of carboxylic acid groups (broad SMARTS) is 1. The molecule has 124 valence electrons. The van der Waals surface area contributed by atoms with Crippen molar-refractivity contribution in [2.24, 2.45) is 11.7 Å². The monoisotopic (exact) mass is 339 g/mol. The van der Waals surface area contributed by atoms with Crippen molar-refractivity contribution in [1.29, 1.82) is 0 Å². The second-order valence-corrected chi connectivity index (χ2v) is 5.91. The Balaban J connectivity index is 1.89. The standard InChI is InChI=1S/C15H18ClN3O4/c16-12-2-1-10(7-11(12)15(22)23)18-13(20)8-19-5-3-9(4-6-19)14(17)21/h1-2,7,9H,3-6,8H2,(H2,17,21)(H,18,20)(H,22,23). The van der Waals surface area contributed by atoms with Crippen LogP contribution in [0.15, 0.2) is 18.2 Å². The zero-order chi connectivity index (χ0) is 17.0. The molecule has 0 atom stereocenters. The van der Waals surface area contributed by atoms with Gasteiger partial charge in [-0.05, 0) is 44.1 Å². The van der Waals surface area contributed by atoms with Crippen LogP contribution in [0.2, 0.25) is 5.02 Å². The first-order valence-electron chi connectivity index (χ1n) is 7.21. The van der Waals surface area contributed by atoms with Gasteiger partial charge >= 0.3 is 5.97 Å². The van der Waals surface area contributed by atoms with E-state index in [4.69, 9.17) is 22.4 Å². The zero-order valence-electron chi connectivity index (χ0n) is 12.4. The lowest BCUT2D eigenvalue weighted by molar-refractivity contribution is -0.123. The van der Waals surface area contributed by atoms with E-state index in [1.165, 1.54) is 12.1 Å². The second kappa shape index (κ2) is 7.43. The predicted molar refractivity (Wildman–Crippen MR) is 85.4 cm³/mol. The first-order valence-corrected chi connectivity index (χ1v) is 7.59. The smallest absolute Gasteiger partial charge is 0.337 e. The largest absolute Gasteiger partial charge is 0.478 e. The quantitative estimate of drug-likeness (QED) is 0.745. The van der Waals surface area contributed by atoms with E-state index >= 15 is 0 Å². The van der Waals surface area contributed by atoms with E-state index in [2.05, 4.69) is 5.32 Å². The minimum atomic E-state index is -1.15. The summed E-state index contributed by atoms with van der Waals surface area (Å²) in [7, 11) is 0. The van der Waals surface area contributed by atoms with Gasteiger partial charge in [0.1, 0.15) is 0 Å². The molecule has 0 aliphatic carbocycles. The van der Waals surface area contributed by atoms with E-state index in [-0.39, 0.29) is 34.9 Å². The Hall–Kier alpha value is -2.12. The number of anilines is 1. The van der Waals surface area contributed by atoms with Crippen LogP contribution < -0.4 is 11.1 Å². The van der Waals surface area contributed by atoms with Gasteiger partial charge in [0.25, 0.3) is 0 Å². The summed E-state index contributed by atoms with van der Waals surface area (Å²) in [5.41, 5.74) is 5.59. The summed E-state index contributed by atoms with van der Waals surface area (Å²) < 4.78 is 0. The molecule has 1 aromatic rings. The number of halogens is 1. The number of aromatic carboxylic acids is 1. The third-order valence-electron chi connectivity index (χ3n) is 3.84. The molecule has 0 radical (unpaired) electrons. The Morgan fingerprint density at radius 2 is 1.96 bits per heavy atom. The second-order valence-electron chi connectivity index (χ2n) is 5.50. The minimum absolute atomic E-state index is 0.0632. The highest BCUT2D eigenvalue weighted by Gasteiger charge is 2.24. The first-order chi connectivity index (χ1) is 10.9. The molecule has 1 heterocycles. The molecule has 1 saturated heterocycles. The van der Waals surface area contributed by atoms with Crippen molar-refractivity contribution in [2.45, 2.75) is 12.8 Å². The highest BCUT2D eigenvalue weighted by Crippen LogP contribution is 2.21. The highest BCUT2D eigenvalue weighted by molar-refractivity contribution is 6.33. The number of piperidine rings is 1. The molecule has 0 bridgehead atoms. The average molecular weight is 340 g/mol. The first kappa shape index (κ1) is 17.2. The average Bonchev–Trinajstić information content (AvgIpc) is 2.49. The number of nitrogens with zero attached hydrogens (tertiary/aromatic N) is 1. The normalized spacial score (nSPS) is 16.0. The van der Waals surface area contributed by atoms with E-state index in [0.29, 0.717) is 31.6 Å². The Morgan fingerprint density at radius 1 is 1.30 bits per heavy atom. The van der Waals surface area contributed by atoms with Crippen LogP contribution in [0.25, 0.3) is 0 Å². The van der Waals surface area contributed by atoms with E-state index < -0.39 is 5.97 Å². The fourth-order valence-electron chi connectivity index (χ4n) is 2.55. The summed E-state index contributed by atoms with van der Waals surface area (Å²) in [4.78, 5) is 36.1. The maximum Gasteiger partial charge on any atom is 0.337 e. The van der Waals surface area contributed by atoms with Crippen LogP contribution in [-0.4, -0.2) is 47.4 Å². The lowest BCUT2D eigenvalue weighted by Gasteiger charge is -2.29. The number of benzene rings is 1. The van der Waals surface area contributed by atoms with Gasteiger partial charge in [-0.15, -0.1) is 0 Å². The van der Waals surface area contributed by atoms with E-state index in [0.717, 1.165) is 0 Å². The molecule has 8 heteroatoms. The molecule has 1 aliphatic heterocycles. The molecular formula is C15H18ClN3O4. The molecule has 7 nitrogen and oxygen atoms in total. The molecule has 0 spiro atoms. The number of carbonyl (C=O) groups excluding carboxylic acids is 2. The lowest BCUT2D eigenvalue weighted by Crippen LogP contribution is -2.42. The summed E-state index contributed by atoms with van der Waals surface area (Å²) in [5.74, 6) is -1.82. The van der Waals surface area contributed by atoms with Crippen molar-refractivity contribution < 1.29 is 19.5 Å². The molecule has 1 fully saturated rings. The molecule has 23 heavy (non-hydrogen) atoms. The van der Waals surface area contributed by atoms with Crippen LogP contribution in [0, 0.1) is 5.92 Å². The number of amides is 2. The maximum absolute atomic E-state index is 12.0. The third-order valence-corrected chi connectivity index (χ3v) is 4.17. The fraction of sp³-hybridized carbons (Fsp3) is 0.400. The Labute approximate surface area is 138 Å². The molecule has 0 saturated carbocycles. The number of rotatable bonds is 5. The van der Waals surface area contributed by atoms with Crippen LogP contribution in [0.3, 0.4) is 0 Å². The summed E-state index contributed by atoms with van der Waals surface area (Å²) in [6.45, 7) is 1.43. The van der Waals surface area contributed by atoms with Crippen molar-refractivity contribution in [1.82, 2.24) is 4.90 Å². The number of hydrogen-bond donors (Lipinski definition) is 3. The Bertz CT molecular complexity index is 627. The Kier molecular flexibility index (Phi) is 5.57. The number of nitrogens with one attached hydrogen (secondary N) is 1. The van der Waals surface area contributed by atoms with Crippen LogP contribution in [0.1, 0.15) is 23.2 Å². The highest BCUT2D eigenvalue weighted by atomic mass is 35.5. The van der Waals surface area contributed by atoms with Crippen LogP contribution in [-0.2, 0) is 9.59 Å². The lowest BCUT2D eigenvalue weighted by atomic mass is 9.96. The van der Waals surface area contributed by atoms with Gasteiger partial charge in [-0.3, -0.25) is 14.5 Å². The maximum atomic E-state index is 12.0. The van der Waals surface area contributed by atoms with E-state index in [9.17, 15) is 14.4 Å². The van der Waals surface area contributed by atoms with Gasteiger partial charge in [-0.1, -0.05) is 11.6 Å². The number of likely N-dealkylation sites (tertiary alicyclic amines) is 1. The number of carbonyl (C=O) groups is 3. The molecule has 1 aromatic carbocycles. The van der Waals surface area contributed by atoms with Crippen molar-refractivity contribution >= 4 is 35.1 Å². The SMILES string of the molecule is NC(=O)C1CCN(CC(=O)Nc2ccc(Cl)c(C(=O)O)c2)CC1. The fourth-order valence-corrected chi connectivity index (χ4v) is 2.74. The summed E-state index contributed by atoms with van der Waals surface area (Å²) in [6.07, 6.45) is 1.29. The molecule has 0 aromatic heterocycles. The summed E-state index contributed by atoms with van der Waals surface area (Å²) >= 11 is 5.78. The number of hydrogen-bond acceptors (Lipinski definition) is 4. The molecule has 2 rings (SSSR count). The van der Waals surface area contributed by atoms with Gasteiger partial charge in [0.2, 0.25) is 11.8 Å². The van der Waals surface area contributed by atoms with E-state index in [1.807, 2.05) is 4.90 Å². The van der Waals surface area contributed by atoms with Gasteiger partial charge in [0.05, 0.1) is 17.1 Å². The van der Waals surface area contributed by atoms with Crippen molar-refractivity contribution in [3.05, 3.63) is 28.8 Å². The molecule has 0 unspecified atom stereocenters. The van der Waals surface area contributed by atoms with Gasteiger partial charge in [-0.25, -0.2) is 4.79 Å².